The van der Waals surface area contributed by atoms with Gasteiger partial charge in [0, 0.05) is 16.7 Å². The first kappa shape index (κ1) is 26.7. The van der Waals surface area contributed by atoms with E-state index in [0.717, 1.165) is 35.1 Å². The first-order valence-corrected chi connectivity index (χ1v) is 11.4. The Morgan fingerprint density at radius 1 is 0.971 bits per heavy atom. The van der Waals surface area contributed by atoms with Gasteiger partial charge in [-0.05, 0) is 67.1 Å². The van der Waals surface area contributed by atoms with Gasteiger partial charge in [-0.2, -0.15) is 0 Å². The summed E-state index contributed by atoms with van der Waals surface area (Å²) in [5.74, 6) is 0.0712. The highest BCUT2D eigenvalue weighted by Crippen LogP contribution is 2.37. The molecule has 0 aromatic heterocycles. The Kier molecular flexibility index (Phi) is 9.92. The first-order valence-electron chi connectivity index (χ1n) is 11.4. The number of esters is 2. The van der Waals surface area contributed by atoms with Gasteiger partial charge >= 0.3 is 11.9 Å². The summed E-state index contributed by atoms with van der Waals surface area (Å²) in [5, 5.41) is 9.72. The zero-order chi connectivity index (χ0) is 25.3. The highest BCUT2D eigenvalue weighted by atomic mass is 16.6. The number of benzene rings is 2. The molecular weight excluding hydrogens is 432 g/mol. The van der Waals surface area contributed by atoms with Gasteiger partial charge in [0.1, 0.15) is 31.3 Å². The van der Waals surface area contributed by atoms with Crippen molar-refractivity contribution >= 4 is 11.9 Å². The molecule has 0 aliphatic heterocycles. The van der Waals surface area contributed by atoms with Gasteiger partial charge in [-0.25, -0.2) is 9.59 Å². The summed E-state index contributed by atoms with van der Waals surface area (Å²) in [6.45, 7) is 15.0. The SMILES string of the molecule is C=C(C)C(=O)OCCOc1cc(C(C)CCC)c(COC(=O)C(=C)C)cc1-c1ccc(O)cc1. The lowest BCUT2D eigenvalue weighted by Gasteiger charge is -2.21. The molecule has 2 rings (SSSR count). The number of ether oxygens (including phenoxy) is 3. The number of carbonyl (C=O) groups excluding carboxylic acids is 2. The molecule has 0 heterocycles. The fourth-order valence-corrected chi connectivity index (χ4v) is 3.47. The molecule has 0 amide bonds. The molecule has 1 atom stereocenters. The summed E-state index contributed by atoms with van der Waals surface area (Å²) in [7, 11) is 0. The molecule has 0 saturated heterocycles. The van der Waals surface area contributed by atoms with E-state index in [0.29, 0.717) is 16.9 Å². The van der Waals surface area contributed by atoms with E-state index in [2.05, 4.69) is 27.0 Å². The molecule has 1 N–H and O–H groups in total. The summed E-state index contributed by atoms with van der Waals surface area (Å²) in [4.78, 5) is 23.7. The van der Waals surface area contributed by atoms with Crippen LogP contribution in [0.4, 0.5) is 0 Å². The van der Waals surface area contributed by atoms with Crippen molar-refractivity contribution in [3.63, 3.8) is 0 Å². The number of phenolic OH excluding ortho intramolecular Hbond substituents is 1. The van der Waals surface area contributed by atoms with E-state index in [1.54, 1.807) is 38.1 Å². The molecule has 2 aromatic rings. The minimum Gasteiger partial charge on any atom is -0.508 e. The van der Waals surface area contributed by atoms with Crippen LogP contribution in [-0.4, -0.2) is 30.3 Å². The van der Waals surface area contributed by atoms with Gasteiger partial charge in [-0.3, -0.25) is 0 Å². The average Bonchev–Trinajstić information content (AvgIpc) is 2.80. The minimum atomic E-state index is -0.464. The second kappa shape index (κ2) is 12.6. The van der Waals surface area contributed by atoms with Crippen molar-refractivity contribution in [3.8, 4) is 22.6 Å². The summed E-state index contributed by atoms with van der Waals surface area (Å²) in [5.41, 5.74) is 4.17. The van der Waals surface area contributed by atoms with Gasteiger partial charge in [0.15, 0.2) is 0 Å². The third-order valence-corrected chi connectivity index (χ3v) is 5.30. The van der Waals surface area contributed by atoms with Crippen molar-refractivity contribution in [1.82, 2.24) is 0 Å². The van der Waals surface area contributed by atoms with E-state index in [4.69, 9.17) is 14.2 Å². The molecule has 6 nitrogen and oxygen atoms in total. The molecule has 6 heteroatoms. The van der Waals surface area contributed by atoms with Crippen LogP contribution in [-0.2, 0) is 25.7 Å². The van der Waals surface area contributed by atoms with Gasteiger partial charge in [0.2, 0.25) is 0 Å². The van der Waals surface area contributed by atoms with Crippen molar-refractivity contribution in [2.24, 2.45) is 0 Å². The van der Waals surface area contributed by atoms with Gasteiger partial charge in [0.05, 0.1) is 0 Å². The topological polar surface area (TPSA) is 82.1 Å². The number of aromatic hydroxyl groups is 1. The molecule has 0 radical (unpaired) electrons. The standard InChI is InChI=1S/C28H34O6/c1-7-8-20(6)24-16-26(32-13-14-33-27(30)18(2)3)25(21-9-11-23(29)12-10-21)15-22(24)17-34-28(31)19(4)5/h9-12,15-16,20,29H,2,4,7-8,13-14,17H2,1,3,5-6H3. The van der Waals surface area contributed by atoms with Crippen LogP contribution in [0.1, 0.15) is 57.6 Å². The fourth-order valence-electron chi connectivity index (χ4n) is 3.47. The molecule has 1 unspecified atom stereocenters. The zero-order valence-corrected chi connectivity index (χ0v) is 20.5. The number of hydrogen-bond acceptors (Lipinski definition) is 6. The normalized spacial score (nSPS) is 11.4. The summed E-state index contributed by atoms with van der Waals surface area (Å²) in [6.07, 6.45) is 1.95. The molecule has 0 spiro atoms. The van der Waals surface area contributed by atoms with Crippen LogP contribution in [0.3, 0.4) is 0 Å². The first-order chi connectivity index (χ1) is 16.1. The maximum Gasteiger partial charge on any atom is 0.333 e. The van der Waals surface area contributed by atoms with Crippen molar-refractivity contribution < 1.29 is 28.9 Å². The number of phenols is 1. The predicted molar refractivity (Wildman–Crippen MR) is 133 cm³/mol. The quantitative estimate of drug-likeness (QED) is 0.232. The van der Waals surface area contributed by atoms with E-state index in [-0.39, 0.29) is 31.5 Å². The molecular formula is C28H34O6. The van der Waals surface area contributed by atoms with Gasteiger partial charge in [-0.1, -0.05) is 45.6 Å². The van der Waals surface area contributed by atoms with Crippen LogP contribution < -0.4 is 4.74 Å². The van der Waals surface area contributed by atoms with E-state index < -0.39 is 11.9 Å². The molecule has 182 valence electrons. The lowest BCUT2D eigenvalue weighted by Crippen LogP contribution is -2.13. The Balaban J connectivity index is 2.44. The summed E-state index contributed by atoms with van der Waals surface area (Å²) in [6, 6.07) is 10.7. The van der Waals surface area contributed by atoms with Crippen LogP contribution >= 0.6 is 0 Å². The Bertz CT molecular complexity index is 1040. The van der Waals surface area contributed by atoms with Crippen LogP contribution in [0.25, 0.3) is 11.1 Å². The maximum atomic E-state index is 12.0. The van der Waals surface area contributed by atoms with Crippen LogP contribution in [0.2, 0.25) is 0 Å². The number of rotatable bonds is 12. The zero-order valence-electron chi connectivity index (χ0n) is 20.5. The Labute approximate surface area is 201 Å². The van der Waals surface area contributed by atoms with Gasteiger partial charge in [0.25, 0.3) is 0 Å². The summed E-state index contributed by atoms with van der Waals surface area (Å²) < 4.78 is 16.7. The highest BCUT2D eigenvalue weighted by molar-refractivity contribution is 5.87. The molecule has 0 fully saturated rings. The lowest BCUT2D eigenvalue weighted by atomic mass is 9.89. The Morgan fingerprint density at radius 2 is 1.59 bits per heavy atom. The Morgan fingerprint density at radius 3 is 2.18 bits per heavy atom. The second-order valence-electron chi connectivity index (χ2n) is 8.40. The smallest absolute Gasteiger partial charge is 0.333 e. The van der Waals surface area contributed by atoms with Crippen LogP contribution in [0.15, 0.2) is 60.7 Å². The van der Waals surface area contributed by atoms with Crippen LogP contribution in [0.5, 0.6) is 11.5 Å². The Hall–Kier alpha value is -3.54. The van der Waals surface area contributed by atoms with Crippen LogP contribution in [0, 0.1) is 0 Å². The lowest BCUT2D eigenvalue weighted by molar-refractivity contribution is -0.140. The van der Waals surface area contributed by atoms with Crippen molar-refractivity contribution in [3.05, 3.63) is 71.8 Å². The van der Waals surface area contributed by atoms with Gasteiger partial charge in [-0.15, -0.1) is 0 Å². The van der Waals surface area contributed by atoms with E-state index >= 15 is 0 Å². The number of carbonyl (C=O) groups is 2. The van der Waals surface area contributed by atoms with E-state index in [9.17, 15) is 14.7 Å². The highest BCUT2D eigenvalue weighted by Gasteiger charge is 2.18. The third kappa shape index (κ3) is 7.51. The second-order valence-corrected chi connectivity index (χ2v) is 8.40. The molecule has 0 aliphatic carbocycles. The maximum absolute atomic E-state index is 12.0. The van der Waals surface area contributed by atoms with Crippen molar-refractivity contribution in [2.45, 2.75) is 53.1 Å². The van der Waals surface area contributed by atoms with Gasteiger partial charge < -0.3 is 19.3 Å². The molecule has 0 bridgehead atoms. The van der Waals surface area contributed by atoms with E-state index in [1.165, 1.54) is 0 Å². The van der Waals surface area contributed by atoms with Crippen molar-refractivity contribution in [1.29, 1.82) is 0 Å². The molecule has 34 heavy (non-hydrogen) atoms. The fraction of sp³-hybridized carbons (Fsp3) is 0.357. The molecule has 0 saturated carbocycles. The minimum absolute atomic E-state index is 0.0819. The monoisotopic (exact) mass is 466 g/mol. The number of hydrogen-bond donors (Lipinski definition) is 1. The molecule has 0 aliphatic rings. The largest absolute Gasteiger partial charge is 0.508 e. The summed E-state index contributed by atoms with van der Waals surface area (Å²) >= 11 is 0. The van der Waals surface area contributed by atoms with Crippen molar-refractivity contribution in [2.75, 3.05) is 13.2 Å². The van der Waals surface area contributed by atoms with E-state index in [1.807, 2.05) is 12.1 Å². The third-order valence-electron chi connectivity index (χ3n) is 5.30. The molecule has 2 aromatic carbocycles. The predicted octanol–water partition coefficient (Wildman–Crippen LogP) is 6.08. The average molecular weight is 467 g/mol.